The van der Waals surface area contributed by atoms with E-state index in [9.17, 15) is 9.59 Å². The predicted molar refractivity (Wildman–Crippen MR) is 139 cm³/mol. The highest BCUT2D eigenvalue weighted by molar-refractivity contribution is 5.92. The van der Waals surface area contributed by atoms with Gasteiger partial charge in [-0.05, 0) is 61.8 Å². The second-order valence-electron chi connectivity index (χ2n) is 10.1. The summed E-state index contributed by atoms with van der Waals surface area (Å²) >= 11 is 0. The number of anilines is 2. The van der Waals surface area contributed by atoms with E-state index in [1.165, 1.54) is 12.5 Å². The van der Waals surface area contributed by atoms with Crippen molar-refractivity contribution in [2.45, 2.75) is 76.7 Å². The smallest absolute Gasteiger partial charge is 0.228 e. The molecule has 6 heteroatoms. The molecule has 1 aliphatic carbocycles. The minimum atomic E-state index is -0.711. The van der Waals surface area contributed by atoms with Crippen LogP contribution in [0.4, 0.5) is 15.8 Å². The SMILES string of the molecule is CCC(C(N)=O)(c1ccccc1)C1CCN(c2ccc(N(C(C)=O)C3CCCCC3)cc2F)CC1. The van der Waals surface area contributed by atoms with Gasteiger partial charge in [-0.3, -0.25) is 9.59 Å². The van der Waals surface area contributed by atoms with Crippen LogP contribution in [0.25, 0.3) is 0 Å². The van der Waals surface area contributed by atoms with E-state index in [-0.39, 0.29) is 29.6 Å². The highest BCUT2D eigenvalue weighted by atomic mass is 19.1. The van der Waals surface area contributed by atoms with Gasteiger partial charge in [-0.1, -0.05) is 56.5 Å². The summed E-state index contributed by atoms with van der Waals surface area (Å²) in [6.45, 7) is 4.90. The number of nitrogens with two attached hydrogens (primary N) is 1. The Hall–Kier alpha value is -2.89. The summed E-state index contributed by atoms with van der Waals surface area (Å²) in [5, 5.41) is 0. The van der Waals surface area contributed by atoms with E-state index in [1.807, 2.05) is 49.4 Å². The maximum Gasteiger partial charge on any atom is 0.228 e. The van der Waals surface area contributed by atoms with Crippen molar-refractivity contribution in [3.8, 4) is 0 Å². The van der Waals surface area contributed by atoms with Gasteiger partial charge >= 0.3 is 0 Å². The third-order valence-corrected chi connectivity index (χ3v) is 8.31. The third kappa shape index (κ3) is 4.93. The lowest BCUT2D eigenvalue weighted by atomic mass is 9.64. The molecule has 2 N–H and O–H groups in total. The van der Waals surface area contributed by atoms with E-state index >= 15 is 4.39 Å². The fourth-order valence-electron chi connectivity index (χ4n) is 6.49. The summed E-state index contributed by atoms with van der Waals surface area (Å²) in [5.41, 5.74) is 7.46. The van der Waals surface area contributed by atoms with Gasteiger partial charge in [0.2, 0.25) is 11.8 Å². The summed E-state index contributed by atoms with van der Waals surface area (Å²) in [5.74, 6) is -0.520. The molecule has 1 atom stereocenters. The number of nitrogens with zero attached hydrogens (tertiary/aromatic N) is 2. The van der Waals surface area contributed by atoms with Crippen molar-refractivity contribution in [3.05, 3.63) is 59.9 Å². The lowest BCUT2D eigenvalue weighted by Gasteiger charge is -2.43. The molecule has 1 saturated heterocycles. The number of piperidine rings is 1. The van der Waals surface area contributed by atoms with Gasteiger partial charge in [0.25, 0.3) is 0 Å². The summed E-state index contributed by atoms with van der Waals surface area (Å²) in [6, 6.07) is 15.2. The second-order valence-corrected chi connectivity index (χ2v) is 10.1. The third-order valence-electron chi connectivity index (χ3n) is 8.31. The number of primary amides is 1. The summed E-state index contributed by atoms with van der Waals surface area (Å²) in [7, 11) is 0. The van der Waals surface area contributed by atoms with Crippen LogP contribution in [0.3, 0.4) is 0 Å². The number of rotatable bonds is 7. The van der Waals surface area contributed by atoms with Crippen molar-refractivity contribution >= 4 is 23.2 Å². The molecule has 0 bridgehead atoms. The normalized spacial score (nSPS) is 19.2. The molecule has 35 heavy (non-hydrogen) atoms. The van der Waals surface area contributed by atoms with Crippen molar-refractivity contribution in [1.82, 2.24) is 0 Å². The number of carbonyl (C=O) groups is 2. The molecule has 2 aliphatic rings. The Morgan fingerprint density at radius 3 is 2.23 bits per heavy atom. The van der Waals surface area contributed by atoms with Gasteiger partial charge in [0, 0.05) is 31.7 Å². The molecule has 2 aromatic carbocycles. The maximum atomic E-state index is 15.4. The van der Waals surface area contributed by atoms with E-state index in [4.69, 9.17) is 5.73 Å². The summed E-state index contributed by atoms with van der Waals surface area (Å²) < 4.78 is 15.4. The Balaban J connectivity index is 1.51. The first kappa shape index (κ1) is 25.2. The average molecular weight is 480 g/mol. The first-order valence-corrected chi connectivity index (χ1v) is 13.1. The zero-order valence-corrected chi connectivity index (χ0v) is 21.0. The molecule has 1 unspecified atom stereocenters. The van der Waals surface area contributed by atoms with Gasteiger partial charge < -0.3 is 15.5 Å². The van der Waals surface area contributed by atoms with Crippen molar-refractivity contribution in [2.75, 3.05) is 22.9 Å². The summed E-state index contributed by atoms with van der Waals surface area (Å²) in [4.78, 5) is 29.0. The van der Waals surface area contributed by atoms with E-state index < -0.39 is 5.41 Å². The van der Waals surface area contributed by atoms with Gasteiger partial charge in [-0.2, -0.15) is 0 Å². The number of halogens is 1. The van der Waals surface area contributed by atoms with Gasteiger partial charge in [0.15, 0.2) is 0 Å². The average Bonchev–Trinajstić information content (AvgIpc) is 2.86. The molecule has 1 saturated carbocycles. The van der Waals surface area contributed by atoms with Crippen molar-refractivity contribution in [3.63, 3.8) is 0 Å². The van der Waals surface area contributed by atoms with Crippen LogP contribution in [0, 0.1) is 11.7 Å². The molecule has 2 amide bonds. The maximum absolute atomic E-state index is 15.4. The number of carbonyl (C=O) groups excluding carboxylic acids is 2. The Bertz CT molecular complexity index is 1030. The van der Waals surface area contributed by atoms with Crippen LogP contribution in [0.1, 0.15) is 70.8 Å². The predicted octanol–water partition coefficient (Wildman–Crippen LogP) is 5.56. The Morgan fingerprint density at radius 1 is 1.03 bits per heavy atom. The number of hydrogen-bond donors (Lipinski definition) is 1. The standard InChI is InChI=1S/C29H38FN3O2/c1-3-29(28(31)35,22-10-6-4-7-11-22)23-16-18-32(19-17-23)27-15-14-25(20-26(27)30)33(21(2)34)24-12-8-5-9-13-24/h4,6-7,10-11,14-15,20,23-24H,3,5,8-9,12-13,16-19H2,1-2H3,(H2,31,35). The van der Waals surface area contributed by atoms with Crippen LogP contribution in [-0.4, -0.2) is 30.9 Å². The minimum absolute atomic E-state index is 0.0341. The quantitative estimate of drug-likeness (QED) is 0.565. The van der Waals surface area contributed by atoms with E-state index in [0.717, 1.165) is 44.1 Å². The van der Waals surface area contributed by atoms with Crippen LogP contribution in [0.2, 0.25) is 0 Å². The van der Waals surface area contributed by atoms with E-state index in [1.54, 1.807) is 11.8 Å². The Kier molecular flexibility index (Phi) is 7.78. The van der Waals surface area contributed by atoms with E-state index in [0.29, 0.717) is 30.9 Å². The van der Waals surface area contributed by atoms with Crippen LogP contribution in [0.5, 0.6) is 0 Å². The van der Waals surface area contributed by atoms with Gasteiger partial charge in [0.1, 0.15) is 5.82 Å². The number of benzene rings is 2. The largest absolute Gasteiger partial charge is 0.369 e. The van der Waals surface area contributed by atoms with Crippen molar-refractivity contribution < 1.29 is 14.0 Å². The van der Waals surface area contributed by atoms with Crippen LogP contribution in [0.15, 0.2) is 48.5 Å². The first-order valence-electron chi connectivity index (χ1n) is 13.1. The Labute approximate surface area is 208 Å². The molecule has 188 valence electrons. The lowest BCUT2D eigenvalue weighted by molar-refractivity contribution is -0.126. The zero-order valence-electron chi connectivity index (χ0n) is 21.0. The van der Waals surface area contributed by atoms with Crippen molar-refractivity contribution in [2.24, 2.45) is 11.7 Å². The highest BCUT2D eigenvalue weighted by Crippen LogP contribution is 2.42. The number of amides is 2. The number of hydrogen-bond acceptors (Lipinski definition) is 3. The van der Waals surface area contributed by atoms with E-state index in [2.05, 4.69) is 4.90 Å². The fraction of sp³-hybridized carbons (Fsp3) is 0.517. The monoisotopic (exact) mass is 479 g/mol. The van der Waals surface area contributed by atoms with Gasteiger partial charge in [-0.25, -0.2) is 4.39 Å². The molecular weight excluding hydrogens is 441 g/mol. The van der Waals surface area contributed by atoms with Crippen LogP contribution >= 0.6 is 0 Å². The molecule has 1 aliphatic heterocycles. The molecule has 2 aromatic rings. The minimum Gasteiger partial charge on any atom is -0.369 e. The lowest BCUT2D eigenvalue weighted by Crippen LogP contribution is -2.51. The van der Waals surface area contributed by atoms with Crippen LogP contribution in [-0.2, 0) is 15.0 Å². The highest BCUT2D eigenvalue weighted by Gasteiger charge is 2.45. The molecule has 1 heterocycles. The van der Waals surface area contributed by atoms with Gasteiger partial charge in [-0.15, -0.1) is 0 Å². The molecule has 0 radical (unpaired) electrons. The second kappa shape index (κ2) is 10.8. The first-order chi connectivity index (χ1) is 16.9. The van der Waals surface area contributed by atoms with Gasteiger partial charge in [0.05, 0.1) is 11.1 Å². The molecule has 0 aromatic heterocycles. The van der Waals surface area contributed by atoms with Crippen LogP contribution < -0.4 is 15.5 Å². The molecule has 4 rings (SSSR count). The molecule has 2 fully saturated rings. The topological polar surface area (TPSA) is 66.6 Å². The fourth-order valence-corrected chi connectivity index (χ4v) is 6.49. The zero-order chi connectivity index (χ0) is 25.0. The molecule has 5 nitrogen and oxygen atoms in total. The molecule has 0 spiro atoms. The summed E-state index contributed by atoms with van der Waals surface area (Å²) in [6.07, 6.45) is 7.51. The van der Waals surface area contributed by atoms with Crippen molar-refractivity contribution in [1.29, 1.82) is 0 Å². The molecular formula is C29H38FN3O2. The Morgan fingerprint density at radius 2 is 1.69 bits per heavy atom.